The van der Waals surface area contributed by atoms with Crippen LogP contribution in [0.3, 0.4) is 0 Å². The van der Waals surface area contributed by atoms with Crippen LogP contribution in [0.5, 0.6) is 0 Å². The molecule has 0 aliphatic rings. The third kappa shape index (κ3) is 4.03. The Kier molecular flexibility index (Phi) is 5.36. The van der Waals surface area contributed by atoms with E-state index >= 15 is 0 Å². The van der Waals surface area contributed by atoms with Crippen LogP contribution in [0.25, 0.3) is 27.6 Å². The summed E-state index contributed by atoms with van der Waals surface area (Å²) in [5, 5.41) is 22.7. The number of halogens is 3. The van der Waals surface area contributed by atoms with E-state index in [4.69, 9.17) is 0 Å². The molecule has 0 radical (unpaired) electrons. The maximum Gasteiger partial charge on any atom is 0.416 e. The zero-order valence-corrected chi connectivity index (χ0v) is 18.8. The van der Waals surface area contributed by atoms with Crippen molar-refractivity contribution in [2.45, 2.75) is 12.2 Å². The molecule has 0 fully saturated rings. The summed E-state index contributed by atoms with van der Waals surface area (Å²) in [4.78, 5) is 13.0. The van der Waals surface area contributed by atoms with Crippen molar-refractivity contribution in [2.75, 3.05) is 6.61 Å². The van der Waals surface area contributed by atoms with Crippen molar-refractivity contribution >= 4 is 27.8 Å². The van der Waals surface area contributed by atoms with Crippen LogP contribution in [0.4, 0.5) is 13.2 Å². The molecule has 0 unspecified atom stereocenters. The Bertz CT molecular complexity index is 1550. The first kappa shape index (κ1) is 22.7. The van der Waals surface area contributed by atoms with Gasteiger partial charge in [-0.1, -0.05) is 0 Å². The van der Waals surface area contributed by atoms with Crippen LogP contribution in [0, 0.1) is 0 Å². The largest absolute Gasteiger partial charge is 0.416 e. The Morgan fingerprint density at radius 2 is 1.77 bits per heavy atom. The summed E-state index contributed by atoms with van der Waals surface area (Å²) < 4.78 is 44.1. The van der Waals surface area contributed by atoms with Crippen LogP contribution in [0.2, 0.25) is 0 Å². The molecule has 5 rings (SSSR count). The van der Waals surface area contributed by atoms with Crippen molar-refractivity contribution in [1.29, 1.82) is 0 Å². The van der Waals surface area contributed by atoms with Crippen molar-refractivity contribution in [2.24, 2.45) is 14.1 Å². The molecule has 3 aromatic heterocycles. The van der Waals surface area contributed by atoms with Crippen LogP contribution in [-0.2, 0) is 20.3 Å². The average molecular weight is 482 g/mol. The first-order valence-corrected chi connectivity index (χ1v) is 10.7. The zero-order chi connectivity index (χ0) is 24.9. The van der Waals surface area contributed by atoms with E-state index in [2.05, 4.69) is 15.5 Å². The van der Waals surface area contributed by atoms with Gasteiger partial charge in [-0.15, -0.1) is 0 Å². The van der Waals surface area contributed by atoms with Crippen molar-refractivity contribution < 1.29 is 23.1 Å². The van der Waals surface area contributed by atoms with Crippen LogP contribution in [0.1, 0.15) is 27.7 Å². The monoisotopic (exact) mass is 482 g/mol. The number of benzene rings is 2. The fraction of sp³-hybridized carbons (Fsp3) is 0.208. The highest BCUT2D eigenvalue weighted by atomic mass is 19.4. The molecule has 2 aromatic carbocycles. The van der Waals surface area contributed by atoms with Crippen molar-refractivity contribution in [3.63, 3.8) is 0 Å². The number of fused-ring (bicyclic) bond motifs is 3. The molecule has 3 heterocycles. The molecule has 11 heteroatoms. The van der Waals surface area contributed by atoms with Crippen molar-refractivity contribution in [3.05, 3.63) is 77.7 Å². The van der Waals surface area contributed by atoms with Gasteiger partial charge in [0, 0.05) is 48.5 Å². The molecule has 0 aliphatic heterocycles. The highest BCUT2D eigenvalue weighted by Gasteiger charge is 2.30. The Hall–Kier alpha value is -4.12. The number of aryl methyl sites for hydroxylation is 2. The number of aliphatic hydroxyl groups is 1. The van der Waals surface area contributed by atoms with Gasteiger partial charge in [0.1, 0.15) is 0 Å². The first-order chi connectivity index (χ1) is 16.7. The van der Waals surface area contributed by atoms with Gasteiger partial charge in [0.05, 0.1) is 29.4 Å². The van der Waals surface area contributed by atoms with E-state index in [1.807, 2.05) is 0 Å². The Labute approximate surface area is 197 Å². The summed E-state index contributed by atoms with van der Waals surface area (Å²) in [7, 11) is 3.49. The lowest BCUT2D eigenvalue weighted by Gasteiger charge is -2.14. The van der Waals surface area contributed by atoms with Gasteiger partial charge in [-0.05, 0) is 48.5 Å². The third-order valence-corrected chi connectivity index (χ3v) is 5.84. The molecule has 180 valence electrons. The van der Waals surface area contributed by atoms with Crippen LogP contribution >= 0.6 is 0 Å². The summed E-state index contributed by atoms with van der Waals surface area (Å²) in [5.74, 6) is -0.393. The number of aliphatic hydroxyl groups excluding tert-OH is 1. The summed E-state index contributed by atoms with van der Waals surface area (Å²) in [6, 6.07) is 11.0. The molecule has 0 aliphatic carbocycles. The second-order valence-electron chi connectivity index (χ2n) is 8.27. The van der Waals surface area contributed by atoms with Gasteiger partial charge in [-0.2, -0.15) is 23.4 Å². The van der Waals surface area contributed by atoms with E-state index in [0.717, 1.165) is 22.9 Å². The van der Waals surface area contributed by atoms with Gasteiger partial charge in [-0.3, -0.25) is 18.7 Å². The van der Waals surface area contributed by atoms with Gasteiger partial charge in [0.25, 0.3) is 5.91 Å². The number of rotatable bonds is 5. The van der Waals surface area contributed by atoms with Crippen molar-refractivity contribution in [1.82, 2.24) is 29.4 Å². The van der Waals surface area contributed by atoms with Gasteiger partial charge in [0.2, 0.25) is 0 Å². The number of amides is 1. The van der Waals surface area contributed by atoms with E-state index in [0.29, 0.717) is 28.1 Å². The number of carbonyl (C=O) groups is 1. The summed E-state index contributed by atoms with van der Waals surface area (Å²) >= 11 is 0. The molecule has 0 bridgehead atoms. The van der Waals surface area contributed by atoms with Crippen LogP contribution < -0.4 is 5.32 Å². The number of alkyl halides is 3. The molecule has 1 atom stereocenters. The maximum atomic E-state index is 13.0. The minimum absolute atomic E-state index is 0.317. The number of nitrogens with zero attached hydrogens (tertiary/aromatic N) is 5. The molecule has 35 heavy (non-hydrogen) atoms. The van der Waals surface area contributed by atoms with Gasteiger partial charge >= 0.3 is 6.18 Å². The lowest BCUT2D eigenvalue weighted by atomic mass is 10.1. The van der Waals surface area contributed by atoms with E-state index in [9.17, 15) is 23.1 Å². The van der Waals surface area contributed by atoms with E-state index in [1.54, 1.807) is 64.7 Å². The fourth-order valence-corrected chi connectivity index (χ4v) is 4.17. The zero-order valence-electron chi connectivity index (χ0n) is 18.8. The summed E-state index contributed by atoms with van der Waals surface area (Å²) in [6.07, 6.45) is -0.911. The molecule has 2 N–H and O–H groups in total. The number of carbonyl (C=O) groups excluding carboxylic acids is 1. The number of hydrogen-bond acceptors (Lipinski definition) is 4. The number of aromatic nitrogens is 5. The Morgan fingerprint density at radius 3 is 2.40 bits per heavy atom. The fourth-order valence-electron chi connectivity index (χ4n) is 4.17. The Morgan fingerprint density at radius 1 is 1.03 bits per heavy atom. The molecule has 0 saturated heterocycles. The second-order valence-corrected chi connectivity index (χ2v) is 8.27. The molecule has 0 saturated carbocycles. The SMILES string of the molecule is Cn1ccc([C@@H](CO)NC(=O)c2ccc3c(c2)c2cn(C)nc2n3-c2ccc(C(F)(F)F)cc2)n1. The molecule has 1 amide bonds. The summed E-state index contributed by atoms with van der Waals surface area (Å²) in [5.41, 5.74) is 1.93. The lowest BCUT2D eigenvalue weighted by molar-refractivity contribution is -0.137. The standard InChI is InChI=1S/C24H21F3N6O2/c1-31-10-9-19(29-31)20(13-34)28-23(35)14-3-8-21-17(11-14)18-12-32(2)30-22(18)33(21)16-6-4-15(5-7-16)24(25,26)27/h3-12,20,34H,13H2,1-2H3,(H,28,35)/t20-/m1/s1. The topological polar surface area (TPSA) is 89.9 Å². The minimum Gasteiger partial charge on any atom is -0.394 e. The molecular formula is C24H21F3N6O2. The van der Waals surface area contributed by atoms with E-state index < -0.39 is 23.7 Å². The molecular weight excluding hydrogens is 461 g/mol. The lowest BCUT2D eigenvalue weighted by Crippen LogP contribution is -2.31. The van der Waals surface area contributed by atoms with Crippen molar-refractivity contribution in [3.8, 4) is 5.69 Å². The predicted octanol–water partition coefficient (Wildman–Crippen LogP) is 3.73. The smallest absolute Gasteiger partial charge is 0.394 e. The van der Waals surface area contributed by atoms with Gasteiger partial charge < -0.3 is 10.4 Å². The predicted molar refractivity (Wildman–Crippen MR) is 123 cm³/mol. The van der Waals surface area contributed by atoms with E-state index in [1.165, 1.54) is 12.1 Å². The average Bonchev–Trinajstić information content (AvgIpc) is 3.49. The number of nitrogens with one attached hydrogen (secondary N) is 1. The van der Waals surface area contributed by atoms with Crippen LogP contribution in [-0.4, -0.2) is 41.7 Å². The second kappa shape index (κ2) is 8.27. The highest BCUT2D eigenvalue weighted by Crippen LogP contribution is 2.34. The normalized spacial score (nSPS) is 13.0. The third-order valence-electron chi connectivity index (χ3n) is 5.84. The molecule has 8 nitrogen and oxygen atoms in total. The molecule has 0 spiro atoms. The molecule has 5 aromatic rings. The van der Waals surface area contributed by atoms with Gasteiger partial charge in [0.15, 0.2) is 5.65 Å². The summed E-state index contributed by atoms with van der Waals surface area (Å²) in [6.45, 7) is -0.317. The first-order valence-electron chi connectivity index (χ1n) is 10.7. The maximum absolute atomic E-state index is 13.0. The highest BCUT2D eigenvalue weighted by molar-refractivity contribution is 6.10. The van der Waals surface area contributed by atoms with E-state index in [-0.39, 0.29) is 6.61 Å². The quantitative estimate of drug-likeness (QED) is 0.400. The van der Waals surface area contributed by atoms with Gasteiger partial charge in [-0.25, -0.2) is 0 Å². The number of hydrogen-bond donors (Lipinski definition) is 2. The Balaban J connectivity index is 1.55. The van der Waals surface area contributed by atoms with Crippen LogP contribution in [0.15, 0.2) is 60.9 Å². The minimum atomic E-state index is -4.43.